The molecule has 0 bridgehead atoms. The van der Waals surface area contributed by atoms with Gasteiger partial charge in [-0.3, -0.25) is 9.69 Å². The first kappa shape index (κ1) is 12.5. The van der Waals surface area contributed by atoms with Crippen molar-refractivity contribution in [2.75, 3.05) is 13.6 Å². The Bertz CT molecular complexity index is 238. The first-order chi connectivity index (χ1) is 6.86. The maximum atomic E-state index is 12.0. The molecule has 1 rings (SSSR count). The maximum Gasteiger partial charge on any atom is 0.228 e. The van der Waals surface area contributed by atoms with Gasteiger partial charge < -0.3 is 4.90 Å². The monoisotopic (exact) mass is 212 g/mol. The fourth-order valence-electron chi connectivity index (χ4n) is 2.12. The minimum Gasteiger partial charge on any atom is -0.343 e. The number of nitrogens with zero attached hydrogens (tertiary/aromatic N) is 2. The van der Waals surface area contributed by atoms with Crippen molar-refractivity contribution in [2.24, 2.45) is 5.92 Å². The Labute approximate surface area is 93.4 Å². The molecule has 0 aliphatic carbocycles. The van der Waals surface area contributed by atoms with Crippen molar-refractivity contribution in [2.45, 2.75) is 52.7 Å². The van der Waals surface area contributed by atoms with Gasteiger partial charge in [0, 0.05) is 31.7 Å². The van der Waals surface area contributed by atoms with Gasteiger partial charge in [0.25, 0.3) is 0 Å². The summed E-state index contributed by atoms with van der Waals surface area (Å²) in [6.45, 7) is 11.6. The van der Waals surface area contributed by atoms with E-state index < -0.39 is 0 Å². The zero-order chi connectivity index (χ0) is 11.7. The second kappa shape index (κ2) is 4.52. The zero-order valence-corrected chi connectivity index (χ0v) is 10.8. The molecule has 0 radical (unpaired) electrons. The van der Waals surface area contributed by atoms with Gasteiger partial charge in [0.1, 0.15) is 0 Å². The molecule has 2 unspecified atom stereocenters. The summed E-state index contributed by atoms with van der Waals surface area (Å²) in [4.78, 5) is 16.3. The summed E-state index contributed by atoms with van der Waals surface area (Å²) in [6.07, 6.45) is 0. The molecule has 0 aromatic rings. The third-order valence-corrected chi connectivity index (χ3v) is 3.62. The van der Waals surface area contributed by atoms with Gasteiger partial charge in [-0.25, -0.2) is 0 Å². The minimum atomic E-state index is 0.208. The molecule has 3 heteroatoms. The Morgan fingerprint density at radius 2 is 1.87 bits per heavy atom. The van der Waals surface area contributed by atoms with Crippen LogP contribution in [0.3, 0.4) is 0 Å². The maximum absolute atomic E-state index is 12.0. The first-order valence-electron chi connectivity index (χ1n) is 5.88. The molecule has 15 heavy (non-hydrogen) atoms. The second-order valence-electron chi connectivity index (χ2n) is 5.18. The molecule has 0 spiro atoms. The van der Waals surface area contributed by atoms with Crippen molar-refractivity contribution in [3.8, 4) is 0 Å². The lowest BCUT2D eigenvalue weighted by molar-refractivity contribution is -0.146. The number of amides is 1. The highest BCUT2D eigenvalue weighted by Gasteiger charge is 2.42. The highest BCUT2D eigenvalue weighted by molar-refractivity contribution is 5.80. The number of hydrogen-bond donors (Lipinski definition) is 0. The van der Waals surface area contributed by atoms with E-state index in [1.165, 1.54) is 0 Å². The van der Waals surface area contributed by atoms with Gasteiger partial charge in [-0.05, 0) is 34.6 Å². The molecule has 0 saturated carbocycles. The fraction of sp³-hybridized carbons (Fsp3) is 0.917. The number of carbonyl (C=O) groups excluding carboxylic acids is 1. The highest BCUT2D eigenvalue weighted by Crippen LogP contribution is 2.28. The SMILES string of the molecule is CC(C)N(C)C(=O)C1CN(C(C)C)C1C. The van der Waals surface area contributed by atoms with Crippen LogP contribution in [0.1, 0.15) is 34.6 Å². The summed E-state index contributed by atoms with van der Waals surface area (Å²) in [6, 6.07) is 1.25. The molecular weight excluding hydrogens is 188 g/mol. The summed E-state index contributed by atoms with van der Waals surface area (Å²) < 4.78 is 0. The predicted octanol–water partition coefficient (Wildman–Crippen LogP) is 1.58. The van der Waals surface area contributed by atoms with Gasteiger partial charge >= 0.3 is 0 Å². The third kappa shape index (κ3) is 2.33. The fourth-order valence-corrected chi connectivity index (χ4v) is 2.12. The summed E-state index contributed by atoms with van der Waals surface area (Å²) in [5.74, 6) is 0.509. The molecule has 0 N–H and O–H groups in total. The predicted molar refractivity (Wildman–Crippen MR) is 62.7 cm³/mol. The molecule has 1 aliphatic heterocycles. The smallest absolute Gasteiger partial charge is 0.228 e. The van der Waals surface area contributed by atoms with Crippen molar-refractivity contribution in [3.05, 3.63) is 0 Å². The van der Waals surface area contributed by atoms with E-state index in [2.05, 4.69) is 39.5 Å². The summed E-state index contributed by atoms with van der Waals surface area (Å²) >= 11 is 0. The van der Waals surface area contributed by atoms with Crippen LogP contribution in [-0.4, -0.2) is 47.4 Å². The van der Waals surface area contributed by atoms with Gasteiger partial charge in [0.2, 0.25) is 5.91 Å². The van der Waals surface area contributed by atoms with Crippen LogP contribution < -0.4 is 0 Å². The van der Waals surface area contributed by atoms with Crippen LogP contribution in [0.15, 0.2) is 0 Å². The third-order valence-electron chi connectivity index (χ3n) is 3.62. The topological polar surface area (TPSA) is 23.6 Å². The molecule has 1 aliphatic rings. The summed E-state index contributed by atoms with van der Waals surface area (Å²) in [5.41, 5.74) is 0. The number of hydrogen-bond acceptors (Lipinski definition) is 2. The van der Waals surface area contributed by atoms with E-state index >= 15 is 0 Å². The average Bonchev–Trinajstić information content (AvgIpc) is 2.13. The van der Waals surface area contributed by atoms with Crippen molar-refractivity contribution in [1.29, 1.82) is 0 Å². The lowest BCUT2D eigenvalue weighted by Crippen LogP contribution is -2.62. The molecule has 0 aromatic carbocycles. The highest BCUT2D eigenvalue weighted by atomic mass is 16.2. The molecule has 0 aromatic heterocycles. The van der Waals surface area contributed by atoms with Crippen LogP contribution in [0.4, 0.5) is 0 Å². The average molecular weight is 212 g/mol. The lowest BCUT2D eigenvalue weighted by atomic mass is 9.87. The molecule has 1 saturated heterocycles. The standard InChI is InChI=1S/C12H24N2O/c1-8(2)13(6)12(15)11-7-14(9(3)4)10(11)5/h8-11H,7H2,1-6H3. The Kier molecular flexibility index (Phi) is 3.77. The van der Waals surface area contributed by atoms with Crippen molar-refractivity contribution < 1.29 is 4.79 Å². The van der Waals surface area contributed by atoms with E-state index in [0.717, 1.165) is 6.54 Å². The van der Waals surface area contributed by atoms with Crippen LogP contribution in [0.25, 0.3) is 0 Å². The number of carbonyl (C=O) groups is 1. The normalized spacial score (nSPS) is 26.9. The lowest BCUT2D eigenvalue weighted by Gasteiger charge is -2.49. The van der Waals surface area contributed by atoms with Gasteiger partial charge in [0.05, 0.1) is 5.92 Å². The van der Waals surface area contributed by atoms with Crippen LogP contribution in [0.2, 0.25) is 0 Å². The van der Waals surface area contributed by atoms with E-state index in [0.29, 0.717) is 24.0 Å². The zero-order valence-electron chi connectivity index (χ0n) is 10.8. The van der Waals surface area contributed by atoms with Crippen molar-refractivity contribution in [1.82, 2.24) is 9.80 Å². The van der Waals surface area contributed by atoms with Gasteiger partial charge in [-0.1, -0.05) is 0 Å². The van der Waals surface area contributed by atoms with E-state index in [9.17, 15) is 4.79 Å². The Balaban J connectivity index is 2.52. The van der Waals surface area contributed by atoms with E-state index in [-0.39, 0.29) is 5.92 Å². The molecular formula is C12H24N2O. The summed E-state index contributed by atoms with van der Waals surface area (Å²) in [7, 11) is 1.90. The van der Waals surface area contributed by atoms with Crippen LogP contribution in [-0.2, 0) is 4.79 Å². The van der Waals surface area contributed by atoms with E-state index in [1.807, 2.05) is 11.9 Å². The molecule has 88 valence electrons. The summed E-state index contributed by atoms with van der Waals surface area (Å²) in [5, 5.41) is 0. The Morgan fingerprint density at radius 1 is 1.33 bits per heavy atom. The Morgan fingerprint density at radius 3 is 2.20 bits per heavy atom. The number of rotatable bonds is 3. The second-order valence-corrected chi connectivity index (χ2v) is 5.18. The number of likely N-dealkylation sites (tertiary alicyclic amines) is 1. The Hall–Kier alpha value is -0.570. The van der Waals surface area contributed by atoms with E-state index in [1.54, 1.807) is 0 Å². The minimum absolute atomic E-state index is 0.208. The van der Waals surface area contributed by atoms with Crippen LogP contribution in [0.5, 0.6) is 0 Å². The quantitative estimate of drug-likeness (QED) is 0.709. The largest absolute Gasteiger partial charge is 0.343 e. The van der Waals surface area contributed by atoms with E-state index in [4.69, 9.17) is 0 Å². The first-order valence-corrected chi connectivity index (χ1v) is 5.88. The molecule has 1 amide bonds. The van der Waals surface area contributed by atoms with Gasteiger partial charge in [-0.15, -0.1) is 0 Å². The van der Waals surface area contributed by atoms with Crippen molar-refractivity contribution in [3.63, 3.8) is 0 Å². The molecule has 1 fully saturated rings. The molecule has 3 nitrogen and oxygen atoms in total. The van der Waals surface area contributed by atoms with Gasteiger partial charge in [-0.2, -0.15) is 0 Å². The van der Waals surface area contributed by atoms with Gasteiger partial charge in [0.15, 0.2) is 0 Å². The van der Waals surface area contributed by atoms with Crippen LogP contribution in [0, 0.1) is 5.92 Å². The molecule has 2 atom stereocenters. The molecule has 1 heterocycles. The van der Waals surface area contributed by atoms with Crippen molar-refractivity contribution >= 4 is 5.91 Å². The van der Waals surface area contributed by atoms with Crippen LogP contribution >= 0.6 is 0 Å².